The lowest BCUT2D eigenvalue weighted by Gasteiger charge is -2.10. The Bertz CT molecular complexity index is 752. The standard InChI is InChI=1S/C16H13FN2/c1-10-7-8-13-12(9-10)15(17)14(16(18)19-13)11-5-3-2-4-6-11/h2-9H,1H3,(H2,18,19). The van der Waals surface area contributed by atoms with Gasteiger partial charge in [0, 0.05) is 5.39 Å². The lowest BCUT2D eigenvalue weighted by molar-refractivity contribution is 0.642. The second-order valence-corrected chi connectivity index (χ2v) is 4.57. The first kappa shape index (κ1) is 11.7. The van der Waals surface area contributed by atoms with Crippen molar-refractivity contribution in [2.45, 2.75) is 6.92 Å². The zero-order valence-electron chi connectivity index (χ0n) is 10.5. The van der Waals surface area contributed by atoms with Crippen LogP contribution in [-0.4, -0.2) is 4.98 Å². The quantitative estimate of drug-likeness (QED) is 0.712. The second-order valence-electron chi connectivity index (χ2n) is 4.57. The molecule has 0 aliphatic rings. The molecule has 0 saturated carbocycles. The topological polar surface area (TPSA) is 38.9 Å². The fourth-order valence-electron chi connectivity index (χ4n) is 2.24. The number of nitrogen functional groups attached to an aromatic ring is 1. The van der Waals surface area contributed by atoms with Gasteiger partial charge in [-0.2, -0.15) is 0 Å². The third-order valence-electron chi connectivity index (χ3n) is 3.17. The van der Waals surface area contributed by atoms with Gasteiger partial charge in [-0.15, -0.1) is 0 Å². The summed E-state index contributed by atoms with van der Waals surface area (Å²) in [7, 11) is 0. The summed E-state index contributed by atoms with van der Waals surface area (Å²) >= 11 is 0. The second kappa shape index (κ2) is 4.35. The average Bonchev–Trinajstić information content (AvgIpc) is 2.41. The van der Waals surface area contributed by atoms with Crippen LogP contribution in [0.15, 0.2) is 48.5 Å². The van der Waals surface area contributed by atoms with Gasteiger partial charge in [0.1, 0.15) is 11.6 Å². The summed E-state index contributed by atoms with van der Waals surface area (Å²) in [6.45, 7) is 1.93. The van der Waals surface area contributed by atoms with Crippen LogP contribution in [0, 0.1) is 12.7 Å². The Kier molecular flexibility index (Phi) is 2.67. The lowest BCUT2D eigenvalue weighted by atomic mass is 10.0. The van der Waals surface area contributed by atoms with Crippen molar-refractivity contribution in [3.63, 3.8) is 0 Å². The van der Waals surface area contributed by atoms with Gasteiger partial charge in [-0.05, 0) is 24.6 Å². The molecule has 1 aromatic heterocycles. The summed E-state index contributed by atoms with van der Waals surface area (Å²) in [6, 6.07) is 14.7. The van der Waals surface area contributed by atoms with E-state index in [1.807, 2.05) is 43.3 Å². The molecule has 2 aromatic carbocycles. The summed E-state index contributed by atoms with van der Waals surface area (Å²) in [5.41, 5.74) is 8.60. The molecule has 2 N–H and O–H groups in total. The maximum atomic E-state index is 14.7. The number of anilines is 1. The minimum absolute atomic E-state index is 0.222. The molecule has 0 radical (unpaired) electrons. The number of aromatic nitrogens is 1. The van der Waals surface area contributed by atoms with Crippen LogP contribution in [0.3, 0.4) is 0 Å². The summed E-state index contributed by atoms with van der Waals surface area (Å²) in [4.78, 5) is 4.29. The van der Waals surface area contributed by atoms with E-state index in [2.05, 4.69) is 4.98 Å². The molecule has 0 atom stereocenters. The first-order valence-electron chi connectivity index (χ1n) is 6.07. The molecule has 3 rings (SSSR count). The van der Waals surface area contributed by atoms with Gasteiger partial charge >= 0.3 is 0 Å². The SMILES string of the molecule is Cc1ccc2nc(N)c(-c3ccccc3)c(F)c2c1. The summed E-state index contributed by atoms with van der Waals surface area (Å²) in [5.74, 6) is -0.0857. The molecular weight excluding hydrogens is 239 g/mol. The van der Waals surface area contributed by atoms with Gasteiger partial charge in [0.05, 0.1) is 11.1 Å². The van der Waals surface area contributed by atoms with E-state index in [-0.39, 0.29) is 11.6 Å². The van der Waals surface area contributed by atoms with Crippen LogP contribution in [-0.2, 0) is 0 Å². The molecule has 1 heterocycles. The van der Waals surface area contributed by atoms with Crippen LogP contribution in [0.1, 0.15) is 5.56 Å². The number of pyridine rings is 1. The molecule has 0 aliphatic carbocycles. The average molecular weight is 252 g/mol. The van der Waals surface area contributed by atoms with E-state index < -0.39 is 0 Å². The number of aryl methyl sites for hydroxylation is 1. The predicted molar refractivity (Wildman–Crippen MR) is 76.3 cm³/mol. The molecular formula is C16H13FN2. The Morgan fingerprint density at radius 3 is 2.53 bits per heavy atom. The molecule has 0 spiro atoms. The summed E-state index contributed by atoms with van der Waals surface area (Å²) in [5, 5.41) is 0.507. The highest BCUT2D eigenvalue weighted by Gasteiger charge is 2.14. The smallest absolute Gasteiger partial charge is 0.144 e. The first-order chi connectivity index (χ1) is 9.16. The van der Waals surface area contributed by atoms with Crippen LogP contribution in [0.2, 0.25) is 0 Å². The largest absolute Gasteiger partial charge is 0.383 e. The molecule has 0 aliphatic heterocycles. The minimum atomic E-state index is -0.308. The van der Waals surface area contributed by atoms with Crippen LogP contribution < -0.4 is 5.73 Å². The van der Waals surface area contributed by atoms with E-state index in [9.17, 15) is 4.39 Å². The minimum Gasteiger partial charge on any atom is -0.383 e. The van der Waals surface area contributed by atoms with Crippen molar-refractivity contribution in [2.24, 2.45) is 0 Å². The van der Waals surface area contributed by atoms with E-state index in [1.54, 1.807) is 12.1 Å². The molecule has 0 amide bonds. The van der Waals surface area contributed by atoms with E-state index in [0.29, 0.717) is 16.5 Å². The number of fused-ring (bicyclic) bond motifs is 1. The van der Waals surface area contributed by atoms with Gasteiger partial charge in [-0.1, -0.05) is 42.0 Å². The van der Waals surface area contributed by atoms with Gasteiger partial charge in [0.2, 0.25) is 0 Å². The van der Waals surface area contributed by atoms with Gasteiger partial charge in [0.25, 0.3) is 0 Å². The molecule has 0 fully saturated rings. The lowest BCUT2D eigenvalue weighted by Crippen LogP contribution is -1.99. The zero-order valence-corrected chi connectivity index (χ0v) is 10.5. The maximum absolute atomic E-state index is 14.7. The van der Waals surface area contributed by atoms with E-state index >= 15 is 0 Å². The van der Waals surface area contributed by atoms with Crippen LogP contribution in [0.5, 0.6) is 0 Å². The highest BCUT2D eigenvalue weighted by molar-refractivity contribution is 5.90. The zero-order chi connectivity index (χ0) is 13.4. The predicted octanol–water partition coefficient (Wildman–Crippen LogP) is 3.93. The first-order valence-corrected chi connectivity index (χ1v) is 6.07. The van der Waals surface area contributed by atoms with Crippen LogP contribution in [0.25, 0.3) is 22.0 Å². The van der Waals surface area contributed by atoms with Crippen molar-refractivity contribution in [3.05, 3.63) is 59.9 Å². The van der Waals surface area contributed by atoms with Gasteiger partial charge in [-0.3, -0.25) is 0 Å². The number of rotatable bonds is 1. The number of nitrogens with zero attached hydrogens (tertiary/aromatic N) is 1. The molecule has 3 aromatic rings. The van der Waals surface area contributed by atoms with E-state index in [4.69, 9.17) is 5.73 Å². The normalized spacial score (nSPS) is 10.8. The number of hydrogen-bond donors (Lipinski definition) is 1. The Morgan fingerprint density at radius 1 is 1.05 bits per heavy atom. The van der Waals surface area contributed by atoms with Crippen molar-refractivity contribution >= 4 is 16.7 Å². The fourth-order valence-corrected chi connectivity index (χ4v) is 2.24. The number of benzene rings is 2. The molecule has 3 heteroatoms. The monoisotopic (exact) mass is 252 g/mol. The Labute approximate surface area is 110 Å². The fraction of sp³-hybridized carbons (Fsp3) is 0.0625. The Hall–Kier alpha value is -2.42. The van der Waals surface area contributed by atoms with Gasteiger partial charge in [0.15, 0.2) is 0 Å². The van der Waals surface area contributed by atoms with Gasteiger partial charge < -0.3 is 5.73 Å². The summed E-state index contributed by atoms with van der Waals surface area (Å²) < 4.78 is 14.7. The van der Waals surface area contributed by atoms with Crippen LogP contribution >= 0.6 is 0 Å². The summed E-state index contributed by atoms with van der Waals surface area (Å²) in [6.07, 6.45) is 0. The molecule has 2 nitrogen and oxygen atoms in total. The molecule has 94 valence electrons. The highest BCUT2D eigenvalue weighted by Crippen LogP contribution is 2.32. The van der Waals surface area contributed by atoms with Crippen molar-refractivity contribution in [3.8, 4) is 11.1 Å². The Balaban J connectivity index is 2.37. The van der Waals surface area contributed by atoms with Crippen molar-refractivity contribution in [1.82, 2.24) is 4.98 Å². The molecule has 19 heavy (non-hydrogen) atoms. The number of hydrogen-bond acceptors (Lipinski definition) is 2. The van der Waals surface area contributed by atoms with Crippen molar-refractivity contribution in [1.29, 1.82) is 0 Å². The van der Waals surface area contributed by atoms with Crippen molar-refractivity contribution in [2.75, 3.05) is 5.73 Å². The Morgan fingerprint density at radius 2 is 1.79 bits per heavy atom. The van der Waals surface area contributed by atoms with E-state index in [0.717, 1.165) is 11.1 Å². The van der Waals surface area contributed by atoms with Gasteiger partial charge in [-0.25, -0.2) is 9.37 Å². The third kappa shape index (κ3) is 1.93. The number of nitrogens with two attached hydrogens (primary N) is 1. The molecule has 0 saturated heterocycles. The third-order valence-corrected chi connectivity index (χ3v) is 3.17. The maximum Gasteiger partial charge on any atom is 0.144 e. The highest BCUT2D eigenvalue weighted by atomic mass is 19.1. The van der Waals surface area contributed by atoms with Crippen molar-refractivity contribution < 1.29 is 4.39 Å². The van der Waals surface area contributed by atoms with Crippen LogP contribution in [0.4, 0.5) is 10.2 Å². The number of halogens is 1. The van der Waals surface area contributed by atoms with E-state index in [1.165, 1.54) is 0 Å². The molecule has 0 bridgehead atoms. The molecule has 0 unspecified atom stereocenters.